The van der Waals surface area contributed by atoms with Crippen molar-refractivity contribution in [2.24, 2.45) is 5.41 Å². The first-order chi connectivity index (χ1) is 9.38. The summed E-state index contributed by atoms with van der Waals surface area (Å²) in [5.41, 5.74) is 1.70. The van der Waals surface area contributed by atoms with Gasteiger partial charge in [0.1, 0.15) is 0 Å². The zero-order valence-corrected chi connectivity index (χ0v) is 13.8. The fourth-order valence-electron chi connectivity index (χ4n) is 2.27. The van der Waals surface area contributed by atoms with Crippen LogP contribution in [0.15, 0.2) is 30.3 Å². The van der Waals surface area contributed by atoms with Crippen molar-refractivity contribution in [1.82, 2.24) is 5.32 Å². The third-order valence-corrected chi connectivity index (χ3v) is 3.18. The van der Waals surface area contributed by atoms with Crippen molar-refractivity contribution in [2.45, 2.75) is 59.6 Å². The van der Waals surface area contributed by atoms with E-state index in [0.717, 1.165) is 26.0 Å². The van der Waals surface area contributed by atoms with Crippen molar-refractivity contribution in [1.29, 1.82) is 0 Å². The van der Waals surface area contributed by atoms with E-state index in [9.17, 15) is 0 Å². The highest BCUT2D eigenvalue weighted by Crippen LogP contribution is 2.29. The lowest BCUT2D eigenvalue weighted by molar-refractivity contribution is 0.0764. The molecule has 2 nitrogen and oxygen atoms in total. The molecule has 0 aromatic heterocycles. The van der Waals surface area contributed by atoms with Gasteiger partial charge in [-0.15, -0.1) is 0 Å². The Morgan fingerprint density at radius 3 is 2.30 bits per heavy atom. The summed E-state index contributed by atoms with van der Waals surface area (Å²) in [6.45, 7) is 12.9. The average Bonchev–Trinajstić information content (AvgIpc) is 2.36. The molecule has 0 radical (unpaired) electrons. The van der Waals surface area contributed by atoms with Crippen LogP contribution in [0.3, 0.4) is 0 Å². The first-order valence-corrected chi connectivity index (χ1v) is 7.78. The van der Waals surface area contributed by atoms with Crippen molar-refractivity contribution in [3.63, 3.8) is 0 Å². The van der Waals surface area contributed by atoms with Crippen LogP contribution in [0.4, 0.5) is 0 Å². The largest absolute Gasteiger partial charge is 0.379 e. The Morgan fingerprint density at radius 2 is 1.75 bits per heavy atom. The van der Waals surface area contributed by atoms with Gasteiger partial charge in [0.15, 0.2) is 0 Å². The lowest BCUT2D eigenvalue weighted by Crippen LogP contribution is -2.27. The van der Waals surface area contributed by atoms with E-state index in [1.807, 2.05) is 0 Å². The molecule has 0 bridgehead atoms. The lowest BCUT2D eigenvalue weighted by Gasteiger charge is -2.27. The van der Waals surface area contributed by atoms with Crippen LogP contribution < -0.4 is 5.32 Å². The van der Waals surface area contributed by atoms with E-state index in [0.29, 0.717) is 17.6 Å². The normalized spacial score (nSPS) is 13.7. The molecule has 0 aliphatic heterocycles. The molecule has 1 N–H and O–H groups in total. The van der Waals surface area contributed by atoms with E-state index >= 15 is 0 Å². The fraction of sp³-hybridized carbons (Fsp3) is 0.667. The molecule has 0 heterocycles. The molecule has 0 saturated heterocycles. The molecule has 1 aromatic rings. The molecular weight excluding hydrogens is 246 g/mol. The molecule has 0 saturated carbocycles. The minimum Gasteiger partial charge on any atom is -0.379 e. The summed E-state index contributed by atoms with van der Waals surface area (Å²) < 4.78 is 5.59. The minimum absolute atomic E-state index is 0.321. The number of nitrogens with one attached hydrogen (secondary N) is 1. The maximum absolute atomic E-state index is 5.59. The Labute approximate surface area is 124 Å². The lowest BCUT2D eigenvalue weighted by atomic mass is 9.85. The molecule has 20 heavy (non-hydrogen) atoms. The number of hydrogen-bond donors (Lipinski definition) is 1. The maximum Gasteiger partial charge on any atom is 0.0518 e. The Hall–Kier alpha value is -0.860. The predicted octanol–water partition coefficient (Wildman–Crippen LogP) is 4.57. The fourth-order valence-corrected chi connectivity index (χ4v) is 2.27. The highest BCUT2D eigenvalue weighted by atomic mass is 16.5. The van der Waals surface area contributed by atoms with Crippen molar-refractivity contribution in [3.8, 4) is 0 Å². The summed E-state index contributed by atoms with van der Waals surface area (Å²) >= 11 is 0. The molecule has 2 heteroatoms. The van der Waals surface area contributed by atoms with Crippen LogP contribution in [0, 0.1) is 5.41 Å². The van der Waals surface area contributed by atoms with Gasteiger partial charge in [0.05, 0.1) is 6.10 Å². The van der Waals surface area contributed by atoms with Crippen LogP contribution in [0.25, 0.3) is 0 Å². The third kappa shape index (κ3) is 7.66. The van der Waals surface area contributed by atoms with Gasteiger partial charge in [0.2, 0.25) is 0 Å². The van der Waals surface area contributed by atoms with Crippen LogP contribution in [0.2, 0.25) is 0 Å². The second-order valence-corrected chi connectivity index (χ2v) is 6.96. The van der Waals surface area contributed by atoms with Gasteiger partial charge in [0.25, 0.3) is 0 Å². The maximum atomic E-state index is 5.59. The van der Waals surface area contributed by atoms with Gasteiger partial charge in [0, 0.05) is 12.6 Å². The van der Waals surface area contributed by atoms with E-state index in [2.05, 4.69) is 70.3 Å². The van der Waals surface area contributed by atoms with Gasteiger partial charge in [-0.05, 0) is 44.2 Å². The monoisotopic (exact) mass is 277 g/mol. The Bertz CT molecular complexity index is 353. The van der Waals surface area contributed by atoms with Crippen molar-refractivity contribution in [2.75, 3.05) is 13.2 Å². The van der Waals surface area contributed by atoms with Crippen molar-refractivity contribution in [3.05, 3.63) is 35.9 Å². The number of benzene rings is 1. The van der Waals surface area contributed by atoms with Gasteiger partial charge in [-0.25, -0.2) is 0 Å². The van der Waals surface area contributed by atoms with Gasteiger partial charge in [-0.2, -0.15) is 0 Å². The molecule has 0 amide bonds. The van der Waals surface area contributed by atoms with E-state index < -0.39 is 0 Å². The molecule has 0 aliphatic rings. The molecular formula is C18H31NO. The Kier molecular flexibility index (Phi) is 7.25. The standard InChI is InChI=1S/C18H31NO/c1-15(2)20-13-9-12-19-17(14-18(3,4)5)16-10-7-6-8-11-16/h6-8,10-11,15,17,19H,9,12-14H2,1-5H3. The van der Waals surface area contributed by atoms with Gasteiger partial charge < -0.3 is 10.1 Å². The SMILES string of the molecule is CC(C)OCCCNC(CC(C)(C)C)c1ccccc1. The van der Waals surface area contributed by atoms with E-state index in [-0.39, 0.29) is 0 Å². The molecule has 0 spiro atoms. The van der Waals surface area contributed by atoms with Crippen LogP contribution in [0.1, 0.15) is 59.1 Å². The molecule has 114 valence electrons. The Balaban J connectivity index is 2.47. The zero-order valence-electron chi connectivity index (χ0n) is 13.8. The summed E-state index contributed by atoms with van der Waals surface area (Å²) in [6, 6.07) is 11.2. The summed E-state index contributed by atoms with van der Waals surface area (Å²) in [7, 11) is 0. The highest BCUT2D eigenvalue weighted by molar-refractivity contribution is 5.19. The highest BCUT2D eigenvalue weighted by Gasteiger charge is 2.19. The second kappa shape index (κ2) is 8.43. The van der Waals surface area contributed by atoms with Crippen LogP contribution in [-0.2, 0) is 4.74 Å². The minimum atomic E-state index is 0.321. The van der Waals surface area contributed by atoms with Gasteiger partial charge >= 0.3 is 0 Å². The van der Waals surface area contributed by atoms with Crippen LogP contribution in [-0.4, -0.2) is 19.3 Å². The van der Waals surface area contributed by atoms with Gasteiger partial charge in [-0.1, -0.05) is 51.1 Å². The smallest absolute Gasteiger partial charge is 0.0518 e. The average molecular weight is 277 g/mol. The quantitative estimate of drug-likeness (QED) is 0.703. The third-order valence-electron chi connectivity index (χ3n) is 3.18. The molecule has 1 rings (SSSR count). The topological polar surface area (TPSA) is 21.3 Å². The second-order valence-electron chi connectivity index (χ2n) is 6.96. The summed E-state index contributed by atoms with van der Waals surface area (Å²) in [5.74, 6) is 0. The van der Waals surface area contributed by atoms with Gasteiger partial charge in [-0.3, -0.25) is 0 Å². The molecule has 1 aromatic carbocycles. The van der Waals surface area contributed by atoms with E-state index in [1.165, 1.54) is 5.56 Å². The predicted molar refractivity (Wildman–Crippen MR) is 87.0 cm³/mol. The van der Waals surface area contributed by atoms with Crippen molar-refractivity contribution >= 4 is 0 Å². The Morgan fingerprint density at radius 1 is 1.10 bits per heavy atom. The molecule has 0 aliphatic carbocycles. The zero-order chi connectivity index (χ0) is 15.0. The first kappa shape index (κ1) is 17.2. The number of rotatable bonds is 8. The van der Waals surface area contributed by atoms with Crippen LogP contribution >= 0.6 is 0 Å². The first-order valence-electron chi connectivity index (χ1n) is 7.78. The van der Waals surface area contributed by atoms with Crippen LogP contribution in [0.5, 0.6) is 0 Å². The number of ether oxygens (including phenoxy) is 1. The molecule has 1 unspecified atom stereocenters. The summed E-state index contributed by atoms with van der Waals surface area (Å²) in [6.07, 6.45) is 2.53. The van der Waals surface area contributed by atoms with Crippen molar-refractivity contribution < 1.29 is 4.74 Å². The molecule has 1 atom stereocenters. The molecule has 0 fully saturated rings. The van der Waals surface area contributed by atoms with E-state index in [4.69, 9.17) is 4.74 Å². The van der Waals surface area contributed by atoms with E-state index in [1.54, 1.807) is 0 Å². The summed E-state index contributed by atoms with van der Waals surface area (Å²) in [4.78, 5) is 0. The summed E-state index contributed by atoms with van der Waals surface area (Å²) in [5, 5.41) is 3.69. The number of hydrogen-bond acceptors (Lipinski definition) is 2.